The Balaban J connectivity index is 1.52. The van der Waals surface area contributed by atoms with Crippen LogP contribution in [0.4, 0.5) is 5.69 Å². The van der Waals surface area contributed by atoms with Crippen molar-refractivity contribution in [2.75, 3.05) is 18.0 Å². The SMILES string of the molecule is CC[C@@H](Oc1cccc(C)c1)C(=O)NCc1ccc(N2CCCCC2)cc1. The van der Waals surface area contributed by atoms with Crippen molar-refractivity contribution in [2.45, 2.75) is 52.2 Å². The first kappa shape index (κ1) is 19.3. The molecule has 0 spiro atoms. The molecule has 144 valence electrons. The lowest BCUT2D eigenvalue weighted by molar-refractivity contribution is -0.128. The summed E-state index contributed by atoms with van der Waals surface area (Å²) < 4.78 is 5.87. The monoisotopic (exact) mass is 366 g/mol. The second kappa shape index (κ2) is 9.45. The largest absolute Gasteiger partial charge is 0.481 e. The number of nitrogens with one attached hydrogen (secondary N) is 1. The summed E-state index contributed by atoms with van der Waals surface area (Å²) in [5.41, 5.74) is 3.50. The predicted molar refractivity (Wildman–Crippen MR) is 110 cm³/mol. The molecule has 0 bridgehead atoms. The Morgan fingerprint density at radius 2 is 1.85 bits per heavy atom. The number of anilines is 1. The topological polar surface area (TPSA) is 41.6 Å². The van der Waals surface area contributed by atoms with Gasteiger partial charge in [0.05, 0.1) is 0 Å². The van der Waals surface area contributed by atoms with Gasteiger partial charge in [-0.05, 0) is 68.0 Å². The smallest absolute Gasteiger partial charge is 0.261 e. The minimum absolute atomic E-state index is 0.0703. The standard InChI is InChI=1S/C23H30N2O2/c1-3-22(27-21-9-7-8-18(2)16-21)23(26)24-17-19-10-12-20(13-11-19)25-14-5-4-6-15-25/h7-13,16,22H,3-6,14-15,17H2,1-2H3,(H,24,26)/t22-/m1/s1. The molecular formula is C23H30N2O2. The Kier molecular flexibility index (Phi) is 6.74. The zero-order valence-corrected chi connectivity index (χ0v) is 16.4. The minimum atomic E-state index is -0.473. The normalized spacial score (nSPS) is 15.3. The van der Waals surface area contributed by atoms with Crippen LogP contribution in [0.25, 0.3) is 0 Å². The van der Waals surface area contributed by atoms with Gasteiger partial charge in [0.25, 0.3) is 5.91 Å². The Labute approximate surface area is 162 Å². The summed E-state index contributed by atoms with van der Waals surface area (Å²) in [6, 6.07) is 16.3. The van der Waals surface area contributed by atoms with E-state index in [1.807, 2.05) is 38.1 Å². The van der Waals surface area contributed by atoms with Gasteiger partial charge in [0, 0.05) is 25.3 Å². The highest BCUT2D eigenvalue weighted by atomic mass is 16.5. The molecule has 4 heteroatoms. The first-order valence-electron chi connectivity index (χ1n) is 10.0. The van der Waals surface area contributed by atoms with Gasteiger partial charge in [-0.1, -0.05) is 31.2 Å². The Morgan fingerprint density at radius 3 is 2.52 bits per heavy atom. The first-order valence-corrected chi connectivity index (χ1v) is 10.0. The van der Waals surface area contributed by atoms with Gasteiger partial charge in [-0.25, -0.2) is 0 Å². The van der Waals surface area contributed by atoms with Crippen LogP contribution in [0.1, 0.15) is 43.7 Å². The number of rotatable bonds is 7. The molecule has 4 nitrogen and oxygen atoms in total. The van der Waals surface area contributed by atoms with Gasteiger partial charge in [-0.15, -0.1) is 0 Å². The number of amides is 1. The van der Waals surface area contributed by atoms with Crippen molar-refractivity contribution in [1.29, 1.82) is 0 Å². The summed E-state index contributed by atoms with van der Waals surface area (Å²) in [6.45, 7) is 6.79. The number of nitrogens with zero attached hydrogens (tertiary/aromatic N) is 1. The average molecular weight is 367 g/mol. The van der Waals surface area contributed by atoms with Gasteiger partial charge in [0.2, 0.25) is 0 Å². The lowest BCUT2D eigenvalue weighted by Crippen LogP contribution is -2.37. The number of carbonyl (C=O) groups is 1. The number of hydrogen-bond donors (Lipinski definition) is 1. The molecule has 2 aromatic rings. The molecule has 1 heterocycles. The van der Waals surface area contributed by atoms with Crippen LogP contribution in [0.3, 0.4) is 0 Å². The van der Waals surface area contributed by atoms with E-state index in [1.54, 1.807) is 0 Å². The molecule has 1 atom stereocenters. The number of hydrogen-bond acceptors (Lipinski definition) is 3. The van der Waals surface area contributed by atoms with E-state index in [1.165, 1.54) is 24.9 Å². The first-order chi connectivity index (χ1) is 13.2. The molecular weight excluding hydrogens is 336 g/mol. The molecule has 1 saturated heterocycles. The number of ether oxygens (including phenoxy) is 1. The quantitative estimate of drug-likeness (QED) is 0.787. The van der Waals surface area contributed by atoms with E-state index in [-0.39, 0.29) is 5.91 Å². The van der Waals surface area contributed by atoms with Crippen LogP contribution in [0.15, 0.2) is 48.5 Å². The molecule has 0 radical (unpaired) electrons. The van der Waals surface area contributed by atoms with Crippen LogP contribution in [-0.4, -0.2) is 25.1 Å². The second-order valence-corrected chi connectivity index (χ2v) is 7.26. The van der Waals surface area contributed by atoms with E-state index in [9.17, 15) is 4.79 Å². The van der Waals surface area contributed by atoms with Crippen LogP contribution in [0.2, 0.25) is 0 Å². The lowest BCUT2D eigenvalue weighted by atomic mass is 10.1. The van der Waals surface area contributed by atoms with Crippen LogP contribution in [-0.2, 0) is 11.3 Å². The molecule has 0 aromatic heterocycles. The van der Waals surface area contributed by atoms with Crippen molar-refractivity contribution >= 4 is 11.6 Å². The maximum absolute atomic E-state index is 12.5. The van der Waals surface area contributed by atoms with Gasteiger partial charge in [-0.2, -0.15) is 0 Å². The van der Waals surface area contributed by atoms with Crippen molar-refractivity contribution in [3.8, 4) is 5.75 Å². The number of piperidine rings is 1. The predicted octanol–water partition coefficient (Wildman–Crippen LogP) is 4.46. The summed E-state index contributed by atoms with van der Waals surface area (Å²) in [6.07, 6.45) is 4.05. The molecule has 2 aromatic carbocycles. The maximum Gasteiger partial charge on any atom is 0.261 e. The fourth-order valence-electron chi connectivity index (χ4n) is 3.45. The fourth-order valence-corrected chi connectivity index (χ4v) is 3.45. The molecule has 1 N–H and O–H groups in total. The van der Waals surface area contributed by atoms with E-state index < -0.39 is 6.10 Å². The zero-order valence-electron chi connectivity index (χ0n) is 16.4. The van der Waals surface area contributed by atoms with Gasteiger partial charge in [-0.3, -0.25) is 4.79 Å². The van der Waals surface area contributed by atoms with Crippen molar-refractivity contribution in [3.05, 3.63) is 59.7 Å². The highest BCUT2D eigenvalue weighted by Gasteiger charge is 2.18. The molecule has 0 aliphatic carbocycles. The molecule has 1 aliphatic rings. The van der Waals surface area contributed by atoms with Gasteiger partial charge >= 0.3 is 0 Å². The third-order valence-corrected chi connectivity index (χ3v) is 5.06. The van der Waals surface area contributed by atoms with E-state index in [4.69, 9.17) is 4.74 Å². The number of aryl methyl sites for hydroxylation is 1. The minimum Gasteiger partial charge on any atom is -0.481 e. The molecule has 1 amide bonds. The fraction of sp³-hybridized carbons (Fsp3) is 0.435. The Morgan fingerprint density at radius 1 is 1.11 bits per heavy atom. The third-order valence-electron chi connectivity index (χ3n) is 5.06. The van der Waals surface area contributed by atoms with Crippen molar-refractivity contribution in [3.63, 3.8) is 0 Å². The van der Waals surface area contributed by atoms with Crippen molar-refractivity contribution in [1.82, 2.24) is 5.32 Å². The summed E-state index contributed by atoms with van der Waals surface area (Å²) in [4.78, 5) is 14.9. The summed E-state index contributed by atoms with van der Waals surface area (Å²) in [5, 5.41) is 3.01. The second-order valence-electron chi connectivity index (χ2n) is 7.26. The Hall–Kier alpha value is -2.49. The van der Waals surface area contributed by atoms with Gasteiger partial charge in [0.1, 0.15) is 5.75 Å². The molecule has 0 saturated carbocycles. The molecule has 27 heavy (non-hydrogen) atoms. The maximum atomic E-state index is 12.5. The molecule has 3 rings (SSSR count). The molecule has 0 unspecified atom stereocenters. The van der Waals surface area contributed by atoms with Crippen LogP contribution in [0, 0.1) is 6.92 Å². The van der Waals surface area contributed by atoms with E-state index in [0.29, 0.717) is 13.0 Å². The summed E-state index contributed by atoms with van der Waals surface area (Å²) >= 11 is 0. The van der Waals surface area contributed by atoms with Crippen molar-refractivity contribution < 1.29 is 9.53 Å². The van der Waals surface area contributed by atoms with Gasteiger partial charge in [0.15, 0.2) is 6.10 Å². The highest BCUT2D eigenvalue weighted by Crippen LogP contribution is 2.20. The Bertz CT molecular complexity index is 736. The summed E-state index contributed by atoms with van der Waals surface area (Å²) in [7, 11) is 0. The van der Waals surface area contributed by atoms with Crippen molar-refractivity contribution in [2.24, 2.45) is 0 Å². The average Bonchev–Trinajstić information content (AvgIpc) is 2.71. The molecule has 1 fully saturated rings. The molecule has 1 aliphatic heterocycles. The zero-order chi connectivity index (χ0) is 19.1. The van der Waals surface area contributed by atoms with E-state index in [0.717, 1.165) is 30.0 Å². The van der Waals surface area contributed by atoms with Crippen LogP contribution < -0.4 is 15.0 Å². The van der Waals surface area contributed by atoms with Gasteiger partial charge < -0.3 is 15.0 Å². The van der Waals surface area contributed by atoms with E-state index in [2.05, 4.69) is 34.5 Å². The highest BCUT2D eigenvalue weighted by molar-refractivity contribution is 5.81. The number of carbonyl (C=O) groups excluding carboxylic acids is 1. The summed E-state index contributed by atoms with van der Waals surface area (Å²) in [5.74, 6) is 0.669. The van der Waals surface area contributed by atoms with Crippen LogP contribution >= 0.6 is 0 Å². The van der Waals surface area contributed by atoms with E-state index >= 15 is 0 Å². The van der Waals surface area contributed by atoms with Crippen LogP contribution in [0.5, 0.6) is 5.75 Å². The third kappa shape index (κ3) is 5.49. The number of benzene rings is 2. The lowest BCUT2D eigenvalue weighted by Gasteiger charge is -2.28.